The summed E-state index contributed by atoms with van der Waals surface area (Å²) >= 11 is 0. The second kappa shape index (κ2) is 11.7. The van der Waals surface area contributed by atoms with E-state index >= 15 is 0 Å². The lowest BCUT2D eigenvalue weighted by Gasteiger charge is -2.36. The Balaban J connectivity index is 2.39. The summed E-state index contributed by atoms with van der Waals surface area (Å²) in [6.45, 7) is 1.86. The van der Waals surface area contributed by atoms with E-state index in [1.807, 2.05) is 0 Å². The number of aliphatic hydroxyl groups excluding tert-OH is 1. The Bertz CT molecular complexity index is 1270. The quantitative estimate of drug-likeness (QED) is 0.254. The van der Waals surface area contributed by atoms with Crippen LogP contribution in [0.1, 0.15) is 42.0 Å². The molecule has 0 spiro atoms. The summed E-state index contributed by atoms with van der Waals surface area (Å²) in [7, 11) is 2.59. The number of benzene rings is 2. The molecule has 0 saturated heterocycles. The molecule has 14 heteroatoms. The van der Waals surface area contributed by atoms with Crippen molar-refractivity contribution in [3.05, 3.63) is 58.7 Å². The van der Waals surface area contributed by atoms with Gasteiger partial charge in [-0.2, -0.15) is 26.3 Å². The average Bonchev–Trinajstić information content (AvgIpc) is 2.87. The number of nitrogens with zero attached hydrogens (tertiary/aromatic N) is 1. The molecule has 3 rings (SSSR count). The highest BCUT2D eigenvalue weighted by molar-refractivity contribution is 6.03. The monoisotopic (exact) mass is 577 g/mol. The molecule has 1 N–H and O–H groups in total. The van der Waals surface area contributed by atoms with Crippen molar-refractivity contribution in [2.24, 2.45) is 0 Å². The van der Waals surface area contributed by atoms with Crippen molar-refractivity contribution in [3.8, 4) is 11.5 Å². The molecule has 1 aliphatic rings. The number of amides is 1. The Morgan fingerprint density at radius 3 is 1.95 bits per heavy atom. The fourth-order valence-corrected chi connectivity index (χ4v) is 4.39. The fraction of sp³-hybridized carbons (Fsp3) is 0.385. The molecule has 2 aromatic carbocycles. The van der Waals surface area contributed by atoms with Crippen LogP contribution in [0.3, 0.4) is 0 Å². The van der Waals surface area contributed by atoms with Gasteiger partial charge in [0, 0.05) is 11.6 Å². The van der Waals surface area contributed by atoms with E-state index in [1.165, 1.54) is 44.3 Å². The maximum atomic E-state index is 13.7. The lowest BCUT2D eigenvalue weighted by atomic mass is 9.81. The van der Waals surface area contributed by atoms with Gasteiger partial charge in [-0.15, -0.1) is 0 Å². The Morgan fingerprint density at radius 2 is 1.48 bits per heavy atom. The van der Waals surface area contributed by atoms with Gasteiger partial charge >= 0.3 is 24.4 Å². The summed E-state index contributed by atoms with van der Waals surface area (Å²) in [5, 5.41) is 9.24. The van der Waals surface area contributed by atoms with Crippen molar-refractivity contribution >= 4 is 23.3 Å². The van der Waals surface area contributed by atoms with E-state index in [9.17, 15) is 41.0 Å². The first-order chi connectivity index (χ1) is 18.7. The van der Waals surface area contributed by atoms with E-state index in [4.69, 9.17) is 14.2 Å². The summed E-state index contributed by atoms with van der Waals surface area (Å²) in [4.78, 5) is 27.1. The minimum atomic E-state index is -5.19. The van der Waals surface area contributed by atoms with Gasteiger partial charge in [0.2, 0.25) is 0 Å². The van der Waals surface area contributed by atoms with Crippen LogP contribution in [0.2, 0.25) is 0 Å². The van der Waals surface area contributed by atoms with Crippen molar-refractivity contribution in [1.29, 1.82) is 0 Å². The highest BCUT2D eigenvalue weighted by Gasteiger charge is 2.41. The molecule has 0 bridgehead atoms. The summed E-state index contributed by atoms with van der Waals surface area (Å²) in [6, 6.07) is 2.51. The Labute approximate surface area is 224 Å². The largest absolute Gasteiger partial charge is 0.493 e. The first-order valence-electron chi connectivity index (χ1n) is 11.7. The third-order valence-corrected chi connectivity index (χ3v) is 6.06. The SMILES string of the molecule is CCOC(=O)N1c2cc(OC)c(OC)cc2C([C@@H](C(=O)OCO)c2cc(C(F)(F)F)cc(C(F)(F)F)c2)=C[C@H]1C. The van der Waals surface area contributed by atoms with Crippen molar-refractivity contribution in [2.45, 2.75) is 38.2 Å². The maximum Gasteiger partial charge on any atom is 0.416 e. The third kappa shape index (κ3) is 6.11. The van der Waals surface area contributed by atoms with E-state index in [1.54, 1.807) is 6.92 Å². The first kappa shape index (κ1) is 30.6. The number of esters is 1. The van der Waals surface area contributed by atoms with Gasteiger partial charge in [0.1, 0.15) is 5.92 Å². The van der Waals surface area contributed by atoms with Crippen molar-refractivity contribution in [1.82, 2.24) is 0 Å². The highest BCUT2D eigenvalue weighted by atomic mass is 19.4. The van der Waals surface area contributed by atoms with Crippen LogP contribution < -0.4 is 14.4 Å². The number of ether oxygens (including phenoxy) is 4. The van der Waals surface area contributed by atoms with Crippen LogP contribution in [0.15, 0.2) is 36.4 Å². The molecule has 0 aromatic heterocycles. The molecule has 0 fully saturated rings. The molecule has 40 heavy (non-hydrogen) atoms. The zero-order valence-corrected chi connectivity index (χ0v) is 21.6. The summed E-state index contributed by atoms with van der Waals surface area (Å²) in [5.74, 6) is -3.00. The van der Waals surface area contributed by atoms with Crippen LogP contribution in [0.4, 0.5) is 36.8 Å². The number of halogens is 6. The number of methoxy groups -OCH3 is 2. The van der Waals surface area contributed by atoms with Crippen molar-refractivity contribution in [2.75, 3.05) is 32.5 Å². The Kier molecular flexibility index (Phi) is 8.92. The minimum Gasteiger partial charge on any atom is -0.493 e. The molecule has 2 atom stereocenters. The summed E-state index contributed by atoms with van der Waals surface area (Å²) in [6.07, 6.45) is -9.88. The van der Waals surface area contributed by atoms with Crippen molar-refractivity contribution < 1.29 is 60.0 Å². The van der Waals surface area contributed by atoms with Crippen LogP contribution in [-0.2, 0) is 26.6 Å². The average molecular weight is 577 g/mol. The van der Waals surface area contributed by atoms with Gasteiger partial charge < -0.3 is 24.1 Å². The second-order valence-corrected chi connectivity index (χ2v) is 8.52. The summed E-state index contributed by atoms with van der Waals surface area (Å²) in [5.41, 5.74) is -3.99. The normalized spacial score (nSPS) is 16.0. The highest BCUT2D eigenvalue weighted by Crippen LogP contribution is 2.48. The van der Waals surface area contributed by atoms with Crippen LogP contribution in [-0.4, -0.2) is 50.8 Å². The molecule has 1 heterocycles. The van der Waals surface area contributed by atoms with E-state index < -0.39 is 59.9 Å². The van der Waals surface area contributed by atoms with Crippen LogP contribution in [0, 0.1) is 0 Å². The maximum absolute atomic E-state index is 13.7. The fourth-order valence-electron chi connectivity index (χ4n) is 4.39. The molecule has 2 aromatic rings. The Morgan fingerprint density at radius 1 is 0.925 bits per heavy atom. The molecule has 0 radical (unpaired) electrons. The standard InChI is InChI=1S/C26H25F6NO7/c1-5-39-24(36)33-13(2)6-18(17-10-20(37-3)21(38-4)11-19(17)33)22(23(35)40-12-34)14-7-15(25(27,28)29)9-16(8-14)26(30,31)32/h6-11,13,22,34H,5,12H2,1-4H3/t13-,22+/m1/s1. The minimum absolute atomic E-state index is 0.00283. The lowest BCUT2D eigenvalue weighted by Crippen LogP contribution is -2.41. The van der Waals surface area contributed by atoms with Gasteiger partial charge in [-0.05, 0) is 49.2 Å². The number of hydrogen-bond acceptors (Lipinski definition) is 7. The van der Waals surface area contributed by atoms with Crippen molar-refractivity contribution in [3.63, 3.8) is 0 Å². The number of carbonyl (C=O) groups is 2. The number of anilines is 1. The predicted octanol–water partition coefficient (Wildman–Crippen LogP) is 5.77. The smallest absolute Gasteiger partial charge is 0.416 e. The predicted molar refractivity (Wildman–Crippen MR) is 129 cm³/mol. The molecule has 0 saturated carbocycles. The second-order valence-electron chi connectivity index (χ2n) is 8.52. The van der Waals surface area contributed by atoms with Crippen LogP contribution in [0.5, 0.6) is 11.5 Å². The first-order valence-corrected chi connectivity index (χ1v) is 11.7. The number of rotatable bonds is 7. The van der Waals surface area contributed by atoms with E-state index in [0.717, 1.165) is 0 Å². The summed E-state index contributed by atoms with van der Waals surface area (Å²) < 4.78 is 102. The van der Waals surface area contributed by atoms with Gasteiger partial charge in [-0.1, -0.05) is 6.08 Å². The van der Waals surface area contributed by atoms with Gasteiger partial charge in [0.25, 0.3) is 0 Å². The number of alkyl halides is 6. The lowest BCUT2D eigenvalue weighted by molar-refractivity contribution is -0.152. The molecule has 8 nitrogen and oxygen atoms in total. The third-order valence-electron chi connectivity index (χ3n) is 6.06. The molecular formula is C26H25F6NO7. The van der Waals surface area contributed by atoms with Gasteiger partial charge in [0.15, 0.2) is 18.3 Å². The molecular weight excluding hydrogens is 552 g/mol. The number of fused-ring (bicyclic) bond motifs is 1. The Hall–Kier alpha value is -3.94. The van der Waals surface area contributed by atoms with E-state index in [-0.39, 0.29) is 41.0 Å². The number of carbonyl (C=O) groups excluding carboxylic acids is 2. The molecule has 1 amide bonds. The number of aliphatic hydroxyl groups is 1. The van der Waals surface area contributed by atoms with Crippen LogP contribution in [0.25, 0.3) is 5.57 Å². The van der Waals surface area contributed by atoms with Crippen LogP contribution >= 0.6 is 0 Å². The molecule has 0 unspecified atom stereocenters. The number of hydrogen-bond donors (Lipinski definition) is 1. The molecule has 218 valence electrons. The molecule has 1 aliphatic heterocycles. The van der Waals surface area contributed by atoms with E-state index in [0.29, 0.717) is 12.1 Å². The zero-order valence-electron chi connectivity index (χ0n) is 21.6. The van der Waals surface area contributed by atoms with Gasteiger partial charge in [-0.3, -0.25) is 9.69 Å². The molecule has 0 aliphatic carbocycles. The van der Waals surface area contributed by atoms with Gasteiger partial charge in [0.05, 0.1) is 43.7 Å². The topological polar surface area (TPSA) is 94.5 Å². The van der Waals surface area contributed by atoms with E-state index in [2.05, 4.69) is 4.74 Å². The zero-order chi connectivity index (χ0) is 30.0. The van der Waals surface area contributed by atoms with Gasteiger partial charge in [-0.25, -0.2) is 4.79 Å².